The van der Waals surface area contributed by atoms with Gasteiger partial charge in [-0.3, -0.25) is 14.5 Å². The molecule has 156 valence electrons. The normalized spacial score (nSPS) is 19.6. The molecule has 0 unspecified atom stereocenters. The monoisotopic (exact) mass is 408 g/mol. The summed E-state index contributed by atoms with van der Waals surface area (Å²) >= 11 is 0. The third kappa shape index (κ3) is 4.88. The maximum atomic E-state index is 13.2. The van der Waals surface area contributed by atoms with E-state index in [1.165, 1.54) is 23.1 Å². The Morgan fingerprint density at radius 3 is 2.31 bits per heavy atom. The molecule has 1 N–H and O–H groups in total. The minimum Gasteiger partial charge on any atom is -0.337 e. The van der Waals surface area contributed by atoms with Crippen molar-refractivity contribution in [2.75, 3.05) is 32.7 Å². The van der Waals surface area contributed by atoms with Crippen LogP contribution in [0.2, 0.25) is 0 Å². The predicted octanol–water partition coefficient (Wildman–Crippen LogP) is 2.42. The number of hydrogen-bond acceptors (Lipinski definition) is 4. The zero-order valence-corrected chi connectivity index (χ0v) is 16.0. The van der Waals surface area contributed by atoms with Crippen LogP contribution in [0.25, 0.3) is 0 Å². The van der Waals surface area contributed by atoms with Crippen LogP contribution in [-0.4, -0.2) is 59.9 Å². The standard InChI is InChI=1S/C20H23F3N4O2/c21-20(22,23)16-6-2-1-5-15(16)18(29)27-11-9-26(10-12-27)13-17(28)25-19(14-24)7-3-4-8-19/h1-2,5-6H,3-4,7-13H2,(H,25,28). The Balaban J connectivity index is 1.55. The molecule has 6 nitrogen and oxygen atoms in total. The largest absolute Gasteiger partial charge is 0.417 e. The highest BCUT2D eigenvalue weighted by Crippen LogP contribution is 2.32. The van der Waals surface area contributed by atoms with Gasteiger partial charge in [-0.05, 0) is 37.8 Å². The van der Waals surface area contributed by atoms with Gasteiger partial charge >= 0.3 is 6.18 Å². The number of carbonyl (C=O) groups excluding carboxylic acids is 2. The molecule has 0 aromatic heterocycles. The fourth-order valence-corrected chi connectivity index (χ4v) is 3.95. The molecule has 1 saturated heterocycles. The van der Waals surface area contributed by atoms with Crippen molar-refractivity contribution in [1.29, 1.82) is 5.26 Å². The number of piperazine rings is 1. The van der Waals surface area contributed by atoms with Crippen molar-refractivity contribution in [1.82, 2.24) is 15.1 Å². The van der Waals surface area contributed by atoms with Gasteiger partial charge in [-0.1, -0.05) is 12.1 Å². The summed E-state index contributed by atoms with van der Waals surface area (Å²) in [6.45, 7) is 1.34. The number of amides is 2. The van der Waals surface area contributed by atoms with Crippen molar-refractivity contribution in [3.63, 3.8) is 0 Å². The van der Waals surface area contributed by atoms with E-state index >= 15 is 0 Å². The van der Waals surface area contributed by atoms with E-state index in [4.69, 9.17) is 0 Å². The third-order valence-electron chi connectivity index (χ3n) is 5.54. The molecule has 3 rings (SSSR count). The average Bonchev–Trinajstić information content (AvgIpc) is 3.16. The van der Waals surface area contributed by atoms with Crippen molar-refractivity contribution in [2.24, 2.45) is 0 Å². The molecule has 2 amide bonds. The van der Waals surface area contributed by atoms with Gasteiger partial charge in [0.25, 0.3) is 5.91 Å². The lowest BCUT2D eigenvalue weighted by Gasteiger charge is -2.35. The molecule has 1 aliphatic heterocycles. The summed E-state index contributed by atoms with van der Waals surface area (Å²) < 4.78 is 39.5. The Labute approximate surface area is 167 Å². The molecule has 1 saturated carbocycles. The van der Waals surface area contributed by atoms with Crippen LogP contribution in [0.15, 0.2) is 24.3 Å². The maximum absolute atomic E-state index is 13.2. The highest BCUT2D eigenvalue weighted by molar-refractivity contribution is 5.96. The topological polar surface area (TPSA) is 76.4 Å². The number of alkyl halides is 3. The lowest BCUT2D eigenvalue weighted by molar-refractivity contribution is -0.138. The first-order valence-corrected chi connectivity index (χ1v) is 9.64. The average molecular weight is 408 g/mol. The van der Waals surface area contributed by atoms with Crippen LogP contribution in [0.4, 0.5) is 13.2 Å². The number of hydrogen-bond donors (Lipinski definition) is 1. The van der Waals surface area contributed by atoms with Crippen LogP contribution in [-0.2, 0) is 11.0 Å². The smallest absolute Gasteiger partial charge is 0.337 e. The molecule has 1 aliphatic carbocycles. The zero-order valence-electron chi connectivity index (χ0n) is 16.0. The van der Waals surface area contributed by atoms with Gasteiger partial charge in [0.05, 0.1) is 23.7 Å². The second kappa shape index (κ2) is 8.41. The molecule has 2 aliphatic rings. The van der Waals surface area contributed by atoms with Crippen molar-refractivity contribution in [2.45, 2.75) is 37.4 Å². The van der Waals surface area contributed by atoms with Gasteiger partial charge in [-0.15, -0.1) is 0 Å². The minimum absolute atomic E-state index is 0.102. The lowest BCUT2D eigenvalue weighted by Crippen LogP contribution is -2.54. The number of benzene rings is 1. The molecule has 1 heterocycles. The Morgan fingerprint density at radius 1 is 1.10 bits per heavy atom. The number of halogens is 3. The zero-order chi connectivity index (χ0) is 21.1. The summed E-state index contributed by atoms with van der Waals surface area (Å²) in [4.78, 5) is 28.1. The fourth-order valence-electron chi connectivity index (χ4n) is 3.95. The van der Waals surface area contributed by atoms with Crippen LogP contribution in [0.5, 0.6) is 0 Å². The molecule has 0 bridgehead atoms. The predicted molar refractivity (Wildman–Crippen MR) is 98.7 cm³/mol. The molecule has 0 atom stereocenters. The number of carbonyl (C=O) groups is 2. The quantitative estimate of drug-likeness (QED) is 0.830. The van der Waals surface area contributed by atoms with Crippen molar-refractivity contribution < 1.29 is 22.8 Å². The van der Waals surface area contributed by atoms with E-state index in [-0.39, 0.29) is 31.1 Å². The SMILES string of the molecule is N#CC1(NC(=O)CN2CCN(C(=O)c3ccccc3C(F)(F)F)CC2)CCCC1. The van der Waals surface area contributed by atoms with Crippen LogP contribution in [0.3, 0.4) is 0 Å². The Kier molecular flexibility index (Phi) is 6.13. The van der Waals surface area contributed by atoms with Gasteiger partial charge in [0.1, 0.15) is 5.54 Å². The maximum Gasteiger partial charge on any atom is 0.417 e. The number of nitriles is 1. The van der Waals surface area contributed by atoms with E-state index in [1.807, 2.05) is 4.90 Å². The first-order chi connectivity index (χ1) is 13.7. The molecule has 1 aromatic rings. The Bertz CT molecular complexity index is 805. The van der Waals surface area contributed by atoms with E-state index in [9.17, 15) is 28.0 Å². The number of nitrogens with zero attached hydrogens (tertiary/aromatic N) is 3. The summed E-state index contributed by atoms with van der Waals surface area (Å²) in [6.07, 6.45) is -1.47. The van der Waals surface area contributed by atoms with E-state index < -0.39 is 23.2 Å². The van der Waals surface area contributed by atoms with Gasteiger partial charge < -0.3 is 10.2 Å². The molecular formula is C20H23F3N4O2. The first-order valence-electron chi connectivity index (χ1n) is 9.64. The number of rotatable bonds is 4. The molecule has 0 radical (unpaired) electrons. The van der Waals surface area contributed by atoms with Gasteiger partial charge in [-0.25, -0.2) is 0 Å². The van der Waals surface area contributed by atoms with E-state index in [2.05, 4.69) is 11.4 Å². The Morgan fingerprint density at radius 2 is 1.72 bits per heavy atom. The summed E-state index contributed by atoms with van der Waals surface area (Å²) in [5.41, 5.74) is -2.08. The third-order valence-corrected chi connectivity index (χ3v) is 5.54. The van der Waals surface area contributed by atoms with E-state index in [1.54, 1.807) is 0 Å². The van der Waals surface area contributed by atoms with Crippen molar-refractivity contribution >= 4 is 11.8 Å². The number of nitrogens with one attached hydrogen (secondary N) is 1. The molecule has 29 heavy (non-hydrogen) atoms. The molecular weight excluding hydrogens is 385 g/mol. The second-order valence-corrected chi connectivity index (χ2v) is 7.56. The van der Waals surface area contributed by atoms with Crippen LogP contribution in [0, 0.1) is 11.3 Å². The van der Waals surface area contributed by atoms with Crippen LogP contribution < -0.4 is 5.32 Å². The molecule has 0 spiro atoms. The van der Waals surface area contributed by atoms with Gasteiger partial charge in [0, 0.05) is 26.2 Å². The summed E-state index contributed by atoms with van der Waals surface area (Å²) in [5, 5.41) is 12.2. The van der Waals surface area contributed by atoms with E-state index in [0.29, 0.717) is 25.9 Å². The van der Waals surface area contributed by atoms with Gasteiger partial charge in [0.15, 0.2) is 0 Å². The fraction of sp³-hybridized carbons (Fsp3) is 0.550. The highest BCUT2D eigenvalue weighted by Gasteiger charge is 2.37. The minimum atomic E-state index is -4.59. The van der Waals surface area contributed by atoms with Gasteiger partial charge in [-0.2, -0.15) is 18.4 Å². The summed E-state index contributed by atoms with van der Waals surface area (Å²) in [7, 11) is 0. The second-order valence-electron chi connectivity index (χ2n) is 7.56. The van der Waals surface area contributed by atoms with E-state index in [0.717, 1.165) is 18.9 Å². The lowest BCUT2D eigenvalue weighted by atomic mass is 10.00. The van der Waals surface area contributed by atoms with Crippen LogP contribution >= 0.6 is 0 Å². The summed E-state index contributed by atoms with van der Waals surface area (Å²) in [5.74, 6) is -0.896. The van der Waals surface area contributed by atoms with Crippen molar-refractivity contribution in [3.8, 4) is 6.07 Å². The summed E-state index contributed by atoms with van der Waals surface area (Å²) in [6, 6.07) is 6.97. The highest BCUT2D eigenvalue weighted by atomic mass is 19.4. The van der Waals surface area contributed by atoms with Gasteiger partial charge in [0.2, 0.25) is 5.91 Å². The molecule has 9 heteroatoms. The first kappa shape index (κ1) is 21.1. The van der Waals surface area contributed by atoms with Crippen molar-refractivity contribution in [3.05, 3.63) is 35.4 Å². The molecule has 2 fully saturated rings. The Hall–Kier alpha value is -2.60. The van der Waals surface area contributed by atoms with Crippen LogP contribution in [0.1, 0.15) is 41.6 Å². The molecule has 1 aromatic carbocycles.